The molecule has 0 aliphatic rings. The standard InChI is InChI=1S/C24H21NO2/c26-18-22(17-20-11-5-2-6-12-20)25-24(27)23-14-8-7-13-21(23)16-15-19-9-3-1-4-10-19/h1-16,18,22H,17H2,(H,25,27)/b16-15+. The van der Waals surface area contributed by atoms with Crippen LogP contribution < -0.4 is 5.32 Å². The van der Waals surface area contributed by atoms with E-state index in [2.05, 4.69) is 5.32 Å². The molecule has 3 heteroatoms. The van der Waals surface area contributed by atoms with E-state index in [-0.39, 0.29) is 5.91 Å². The van der Waals surface area contributed by atoms with Gasteiger partial charge in [-0.1, -0.05) is 91.0 Å². The maximum absolute atomic E-state index is 12.7. The Balaban J connectivity index is 1.74. The van der Waals surface area contributed by atoms with Crippen molar-refractivity contribution in [2.24, 2.45) is 0 Å². The second kappa shape index (κ2) is 9.30. The molecule has 1 amide bonds. The molecule has 0 radical (unpaired) electrons. The molecule has 1 atom stereocenters. The molecule has 1 unspecified atom stereocenters. The lowest BCUT2D eigenvalue weighted by Gasteiger charge is -2.14. The van der Waals surface area contributed by atoms with Crippen LogP contribution in [0, 0.1) is 0 Å². The summed E-state index contributed by atoms with van der Waals surface area (Å²) in [4.78, 5) is 24.2. The molecule has 3 aromatic rings. The van der Waals surface area contributed by atoms with Crippen LogP contribution >= 0.6 is 0 Å². The zero-order valence-electron chi connectivity index (χ0n) is 14.9. The number of hydrogen-bond donors (Lipinski definition) is 1. The number of carbonyl (C=O) groups excluding carboxylic acids is 2. The van der Waals surface area contributed by atoms with E-state index in [1.807, 2.05) is 91.0 Å². The van der Waals surface area contributed by atoms with Crippen LogP contribution in [0.2, 0.25) is 0 Å². The second-order valence-electron chi connectivity index (χ2n) is 6.24. The normalized spacial score (nSPS) is 11.9. The van der Waals surface area contributed by atoms with Crippen LogP contribution in [0.15, 0.2) is 84.9 Å². The lowest BCUT2D eigenvalue weighted by molar-refractivity contribution is -0.109. The topological polar surface area (TPSA) is 46.2 Å². The van der Waals surface area contributed by atoms with Gasteiger partial charge in [-0.05, 0) is 29.2 Å². The van der Waals surface area contributed by atoms with E-state index in [0.29, 0.717) is 12.0 Å². The maximum atomic E-state index is 12.7. The predicted octanol–water partition coefficient (Wildman–Crippen LogP) is 4.40. The van der Waals surface area contributed by atoms with Crippen molar-refractivity contribution in [3.63, 3.8) is 0 Å². The molecule has 3 nitrogen and oxygen atoms in total. The van der Waals surface area contributed by atoms with Gasteiger partial charge < -0.3 is 10.1 Å². The van der Waals surface area contributed by atoms with Gasteiger partial charge in [-0.15, -0.1) is 0 Å². The average Bonchev–Trinajstić information content (AvgIpc) is 2.73. The highest BCUT2D eigenvalue weighted by molar-refractivity contribution is 5.99. The van der Waals surface area contributed by atoms with E-state index >= 15 is 0 Å². The van der Waals surface area contributed by atoms with Crippen LogP contribution in [0.1, 0.15) is 27.0 Å². The van der Waals surface area contributed by atoms with E-state index in [1.54, 1.807) is 6.07 Å². The third kappa shape index (κ3) is 5.25. The molecule has 27 heavy (non-hydrogen) atoms. The smallest absolute Gasteiger partial charge is 0.252 e. The summed E-state index contributed by atoms with van der Waals surface area (Å²) in [6.45, 7) is 0. The highest BCUT2D eigenvalue weighted by Crippen LogP contribution is 2.14. The van der Waals surface area contributed by atoms with Gasteiger partial charge in [0.05, 0.1) is 6.04 Å². The molecule has 0 aliphatic heterocycles. The summed E-state index contributed by atoms with van der Waals surface area (Å²) in [6.07, 6.45) is 5.13. The van der Waals surface area contributed by atoms with Crippen molar-refractivity contribution in [1.29, 1.82) is 0 Å². The maximum Gasteiger partial charge on any atom is 0.252 e. The summed E-state index contributed by atoms with van der Waals surface area (Å²) in [7, 11) is 0. The molecule has 0 saturated heterocycles. The molecule has 0 aliphatic carbocycles. The second-order valence-corrected chi connectivity index (χ2v) is 6.24. The number of benzene rings is 3. The van der Waals surface area contributed by atoms with E-state index in [0.717, 1.165) is 23.0 Å². The fourth-order valence-corrected chi connectivity index (χ4v) is 2.85. The van der Waals surface area contributed by atoms with Gasteiger partial charge >= 0.3 is 0 Å². The Bertz CT molecular complexity index is 917. The van der Waals surface area contributed by atoms with Gasteiger partial charge in [0, 0.05) is 5.56 Å². The summed E-state index contributed by atoms with van der Waals surface area (Å²) in [6, 6.07) is 26.4. The molecule has 0 spiro atoms. The highest BCUT2D eigenvalue weighted by atomic mass is 16.2. The number of hydrogen-bond acceptors (Lipinski definition) is 2. The summed E-state index contributed by atoms with van der Waals surface area (Å²) in [5.74, 6) is -0.253. The lowest BCUT2D eigenvalue weighted by Crippen LogP contribution is -2.37. The first-order chi connectivity index (χ1) is 13.3. The largest absolute Gasteiger partial charge is 0.342 e. The van der Waals surface area contributed by atoms with Crippen molar-refractivity contribution < 1.29 is 9.59 Å². The van der Waals surface area contributed by atoms with E-state index in [1.165, 1.54) is 0 Å². The third-order valence-electron chi connectivity index (χ3n) is 4.24. The Morgan fingerprint density at radius 1 is 0.815 bits per heavy atom. The summed E-state index contributed by atoms with van der Waals surface area (Å²) < 4.78 is 0. The Morgan fingerprint density at radius 3 is 2.15 bits per heavy atom. The van der Waals surface area contributed by atoms with Gasteiger partial charge in [-0.25, -0.2) is 0 Å². The van der Waals surface area contributed by atoms with Crippen molar-refractivity contribution in [3.8, 4) is 0 Å². The average molecular weight is 355 g/mol. The fraction of sp³-hybridized carbons (Fsp3) is 0.0833. The first-order valence-electron chi connectivity index (χ1n) is 8.88. The Labute approximate surface area is 159 Å². The van der Waals surface area contributed by atoms with E-state index in [4.69, 9.17) is 0 Å². The van der Waals surface area contributed by atoms with Gasteiger partial charge in [0.2, 0.25) is 0 Å². The molecule has 0 saturated carbocycles. The molecular formula is C24H21NO2. The van der Waals surface area contributed by atoms with Gasteiger partial charge in [0.15, 0.2) is 0 Å². The van der Waals surface area contributed by atoms with Gasteiger partial charge in [-0.3, -0.25) is 4.79 Å². The number of aldehydes is 1. The van der Waals surface area contributed by atoms with Crippen molar-refractivity contribution in [2.75, 3.05) is 0 Å². The number of amides is 1. The number of carbonyl (C=O) groups is 2. The third-order valence-corrected chi connectivity index (χ3v) is 4.24. The van der Waals surface area contributed by atoms with Gasteiger partial charge in [-0.2, -0.15) is 0 Å². The van der Waals surface area contributed by atoms with Gasteiger partial charge in [0.25, 0.3) is 5.91 Å². The Hall–Kier alpha value is -3.46. The predicted molar refractivity (Wildman–Crippen MR) is 109 cm³/mol. The van der Waals surface area contributed by atoms with Crippen LogP contribution in [-0.2, 0) is 11.2 Å². The number of nitrogens with one attached hydrogen (secondary N) is 1. The quantitative estimate of drug-likeness (QED) is 0.504. The number of rotatable bonds is 7. The summed E-state index contributed by atoms with van der Waals surface area (Å²) in [5, 5.41) is 2.83. The molecule has 3 aromatic carbocycles. The van der Waals surface area contributed by atoms with E-state index < -0.39 is 6.04 Å². The lowest BCUT2D eigenvalue weighted by atomic mass is 10.0. The molecule has 0 fully saturated rings. The molecule has 3 rings (SSSR count). The van der Waals surface area contributed by atoms with E-state index in [9.17, 15) is 9.59 Å². The highest BCUT2D eigenvalue weighted by Gasteiger charge is 2.15. The molecule has 0 aromatic heterocycles. The summed E-state index contributed by atoms with van der Waals surface area (Å²) in [5.41, 5.74) is 3.42. The minimum absolute atomic E-state index is 0.253. The van der Waals surface area contributed by atoms with Crippen LogP contribution in [0.4, 0.5) is 0 Å². The van der Waals surface area contributed by atoms with Crippen molar-refractivity contribution >= 4 is 24.3 Å². The van der Waals surface area contributed by atoms with Crippen LogP contribution in [0.25, 0.3) is 12.2 Å². The fourth-order valence-electron chi connectivity index (χ4n) is 2.85. The molecule has 134 valence electrons. The molecular weight excluding hydrogens is 334 g/mol. The molecule has 1 N–H and O–H groups in total. The van der Waals surface area contributed by atoms with Crippen LogP contribution in [-0.4, -0.2) is 18.2 Å². The van der Waals surface area contributed by atoms with Crippen LogP contribution in [0.5, 0.6) is 0 Å². The van der Waals surface area contributed by atoms with Crippen molar-refractivity contribution in [3.05, 3.63) is 107 Å². The minimum Gasteiger partial charge on any atom is -0.342 e. The zero-order valence-corrected chi connectivity index (χ0v) is 14.9. The first-order valence-corrected chi connectivity index (χ1v) is 8.88. The first kappa shape index (κ1) is 18.3. The molecule has 0 heterocycles. The molecule has 0 bridgehead atoms. The SMILES string of the molecule is O=CC(Cc1ccccc1)NC(=O)c1ccccc1/C=C/c1ccccc1. The Morgan fingerprint density at radius 2 is 1.44 bits per heavy atom. The minimum atomic E-state index is -0.564. The van der Waals surface area contributed by atoms with Crippen LogP contribution in [0.3, 0.4) is 0 Å². The van der Waals surface area contributed by atoms with Crippen molar-refractivity contribution in [1.82, 2.24) is 5.32 Å². The van der Waals surface area contributed by atoms with Gasteiger partial charge in [0.1, 0.15) is 6.29 Å². The monoisotopic (exact) mass is 355 g/mol. The van der Waals surface area contributed by atoms with Crippen molar-refractivity contribution in [2.45, 2.75) is 12.5 Å². The summed E-state index contributed by atoms with van der Waals surface area (Å²) >= 11 is 0. The Kier molecular flexibility index (Phi) is 6.31. The zero-order chi connectivity index (χ0) is 18.9.